The fourth-order valence-electron chi connectivity index (χ4n) is 1.59. The van der Waals surface area contributed by atoms with Crippen LogP contribution in [0.5, 0.6) is 5.75 Å². The maximum Gasteiger partial charge on any atom is 0.241 e. The van der Waals surface area contributed by atoms with E-state index in [0.717, 1.165) is 12.1 Å². The van der Waals surface area contributed by atoms with E-state index in [2.05, 4.69) is 0 Å². The van der Waals surface area contributed by atoms with E-state index in [-0.39, 0.29) is 16.7 Å². The summed E-state index contributed by atoms with van der Waals surface area (Å²) in [6, 6.07) is 3.23. The number of primary sulfonamides is 1. The predicted octanol–water partition coefficient (Wildman–Crippen LogP) is 0.641. The molecular formula is C10H12FNO4S. The van der Waals surface area contributed by atoms with E-state index in [1.54, 1.807) is 0 Å². The molecule has 1 heterocycles. The van der Waals surface area contributed by atoms with Gasteiger partial charge in [-0.05, 0) is 18.2 Å². The molecular weight excluding hydrogens is 249 g/mol. The van der Waals surface area contributed by atoms with E-state index >= 15 is 0 Å². The Morgan fingerprint density at radius 3 is 2.82 bits per heavy atom. The summed E-state index contributed by atoms with van der Waals surface area (Å²) < 4.78 is 46.1. The molecule has 0 bridgehead atoms. The lowest BCUT2D eigenvalue weighted by molar-refractivity contribution is 0.139. The molecule has 1 fully saturated rings. The topological polar surface area (TPSA) is 78.6 Å². The third-order valence-corrected chi connectivity index (χ3v) is 3.33. The Morgan fingerprint density at radius 1 is 1.47 bits per heavy atom. The monoisotopic (exact) mass is 261 g/mol. The molecule has 1 aliphatic heterocycles. The summed E-state index contributed by atoms with van der Waals surface area (Å²) in [4.78, 5) is -0.343. The number of halogens is 1. The lowest BCUT2D eigenvalue weighted by Crippen LogP contribution is -2.20. The predicted molar refractivity (Wildman–Crippen MR) is 57.6 cm³/mol. The second kappa shape index (κ2) is 4.59. The minimum absolute atomic E-state index is 0.0596. The van der Waals surface area contributed by atoms with Crippen LogP contribution in [0.1, 0.15) is 6.42 Å². The van der Waals surface area contributed by atoms with Gasteiger partial charge in [0, 0.05) is 6.42 Å². The zero-order valence-electron chi connectivity index (χ0n) is 8.93. The summed E-state index contributed by atoms with van der Waals surface area (Å²) >= 11 is 0. The number of rotatable bonds is 3. The SMILES string of the molecule is NS(=O)(=O)c1cc(F)ccc1OC1CCOC1. The lowest BCUT2D eigenvalue weighted by atomic mass is 10.3. The highest BCUT2D eigenvalue weighted by Gasteiger charge is 2.22. The first-order valence-corrected chi connectivity index (χ1v) is 6.58. The molecule has 1 aromatic carbocycles. The van der Waals surface area contributed by atoms with Crippen molar-refractivity contribution in [2.45, 2.75) is 17.4 Å². The van der Waals surface area contributed by atoms with Gasteiger partial charge in [0.05, 0.1) is 13.2 Å². The van der Waals surface area contributed by atoms with Crippen molar-refractivity contribution in [2.24, 2.45) is 5.14 Å². The number of sulfonamides is 1. The molecule has 1 atom stereocenters. The molecule has 1 aromatic rings. The van der Waals surface area contributed by atoms with Crippen LogP contribution in [-0.2, 0) is 14.8 Å². The molecule has 17 heavy (non-hydrogen) atoms. The Hall–Kier alpha value is -1.18. The van der Waals surface area contributed by atoms with E-state index in [1.165, 1.54) is 6.07 Å². The van der Waals surface area contributed by atoms with E-state index in [0.29, 0.717) is 19.6 Å². The van der Waals surface area contributed by atoms with Crippen molar-refractivity contribution in [3.05, 3.63) is 24.0 Å². The van der Waals surface area contributed by atoms with Crippen LogP contribution in [-0.4, -0.2) is 27.7 Å². The van der Waals surface area contributed by atoms with E-state index in [9.17, 15) is 12.8 Å². The third-order valence-electron chi connectivity index (χ3n) is 2.39. The van der Waals surface area contributed by atoms with Crippen molar-refractivity contribution in [3.8, 4) is 5.75 Å². The molecule has 2 N–H and O–H groups in total. The van der Waals surface area contributed by atoms with Gasteiger partial charge in [0.1, 0.15) is 22.6 Å². The summed E-state index contributed by atoms with van der Waals surface area (Å²) in [5.74, 6) is -0.617. The molecule has 0 aliphatic carbocycles. The number of benzene rings is 1. The average molecular weight is 261 g/mol. The summed E-state index contributed by atoms with van der Waals surface area (Å²) in [5.41, 5.74) is 0. The van der Waals surface area contributed by atoms with Gasteiger partial charge in [-0.1, -0.05) is 0 Å². The number of nitrogens with two attached hydrogens (primary N) is 1. The van der Waals surface area contributed by atoms with Crippen LogP contribution in [0.25, 0.3) is 0 Å². The minimum Gasteiger partial charge on any atom is -0.487 e. The number of hydrogen-bond donors (Lipinski definition) is 1. The first kappa shape index (κ1) is 12.3. The van der Waals surface area contributed by atoms with Crippen molar-refractivity contribution in [1.29, 1.82) is 0 Å². The molecule has 0 amide bonds. The van der Waals surface area contributed by atoms with Crippen LogP contribution in [0.4, 0.5) is 4.39 Å². The molecule has 1 saturated heterocycles. The summed E-state index contributed by atoms with van der Waals surface area (Å²) in [6.07, 6.45) is 0.447. The Labute approximate surface area is 98.4 Å². The molecule has 7 heteroatoms. The van der Waals surface area contributed by atoms with Gasteiger partial charge < -0.3 is 9.47 Å². The van der Waals surface area contributed by atoms with Gasteiger partial charge in [-0.15, -0.1) is 0 Å². The van der Waals surface area contributed by atoms with E-state index in [4.69, 9.17) is 14.6 Å². The number of ether oxygens (including phenoxy) is 2. The molecule has 94 valence electrons. The zero-order chi connectivity index (χ0) is 12.5. The van der Waals surface area contributed by atoms with Gasteiger partial charge in [0.2, 0.25) is 10.0 Å². The Bertz CT molecular complexity index is 511. The van der Waals surface area contributed by atoms with Gasteiger partial charge in [0.25, 0.3) is 0 Å². The molecule has 0 spiro atoms. The second-order valence-corrected chi connectivity index (χ2v) is 5.27. The minimum atomic E-state index is -4.00. The van der Waals surface area contributed by atoms with Crippen LogP contribution in [0, 0.1) is 5.82 Å². The molecule has 5 nitrogen and oxygen atoms in total. The average Bonchev–Trinajstić information content (AvgIpc) is 2.72. The van der Waals surface area contributed by atoms with Crippen LogP contribution in [0.3, 0.4) is 0 Å². The lowest BCUT2D eigenvalue weighted by Gasteiger charge is -2.14. The van der Waals surface area contributed by atoms with Crippen molar-refractivity contribution < 1.29 is 22.3 Å². The van der Waals surface area contributed by atoms with E-state index in [1.807, 2.05) is 0 Å². The van der Waals surface area contributed by atoms with Crippen LogP contribution >= 0.6 is 0 Å². The number of hydrogen-bond acceptors (Lipinski definition) is 4. The summed E-state index contributed by atoms with van der Waals surface area (Å²) in [7, 11) is -4.00. The smallest absolute Gasteiger partial charge is 0.241 e. The Kier molecular flexibility index (Phi) is 3.32. The summed E-state index contributed by atoms with van der Waals surface area (Å²) in [5, 5.41) is 5.00. The van der Waals surface area contributed by atoms with Gasteiger partial charge in [-0.3, -0.25) is 0 Å². The molecule has 0 radical (unpaired) electrons. The molecule has 2 rings (SSSR count). The first-order chi connectivity index (χ1) is 7.97. The van der Waals surface area contributed by atoms with Crippen molar-refractivity contribution >= 4 is 10.0 Å². The Balaban J connectivity index is 2.32. The molecule has 0 aromatic heterocycles. The fraction of sp³-hybridized carbons (Fsp3) is 0.400. The highest BCUT2D eigenvalue weighted by atomic mass is 32.2. The third kappa shape index (κ3) is 2.93. The van der Waals surface area contributed by atoms with Gasteiger partial charge in [0.15, 0.2) is 0 Å². The molecule has 0 saturated carbocycles. The fourth-order valence-corrected chi connectivity index (χ4v) is 2.26. The Morgan fingerprint density at radius 2 is 2.24 bits per heavy atom. The highest BCUT2D eigenvalue weighted by Crippen LogP contribution is 2.26. The first-order valence-electron chi connectivity index (χ1n) is 5.03. The summed E-state index contributed by atoms with van der Waals surface area (Å²) in [6.45, 7) is 0.956. The maximum absolute atomic E-state index is 13.0. The highest BCUT2D eigenvalue weighted by molar-refractivity contribution is 7.89. The zero-order valence-corrected chi connectivity index (χ0v) is 9.74. The standard InChI is InChI=1S/C10H12FNO4S/c11-7-1-2-9(10(5-7)17(12,13)14)16-8-3-4-15-6-8/h1-2,5,8H,3-4,6H2,(H2,12,13,14). The quantitative estimate of drug-likeness (QED) is 0.866. The van der Waals surface area contributed by atoms with E-state index < -0.39 is 15.8 Å². The molecule has 1 aliphatic rings. The maximum atomic E-state index is 13.0. The van der Waals surface area contributed by atoms with Gasteiger partial charge in [-0.2, -0.15) is 0 Å². The van der Waals surface area contributed by atoms with Crippen LogP contribution in [0.2, 0.25) is 0 Å². The normalized spacial score (nSPS) is 20.5. The largest absolute Gasteiger partial charge is 0.487 e. The van der Waals surface area contributed by atoms with Gasteiger partial charge in [-0.25, -0.2) is 17.9 Å². The van der Waals surface area contributed by atoms with Gasteiger partial charge >= 0.3 is 0 Å². The van der Waals surface area contributed by atoms with Crippen molar-refractivity contribution in [2.75, 3.05) is 13.2 Å². The van der Waals surface area contributed by atoms with Crippen LogP contribution < -0.4 is 9.88 Å². The van der Waals surface area contributed by atoms with Crippen molar-refractivity contribution in [1.82, 2.24) is 0 Å². The molecule has 1 unspecified atom stereocenters. The van der Waals surface area contributed by atoms with Crippen LogP contribution in [0.15, 0.2) is 23.1 Å². The van der Waals surface area contributed by atoms with Crippen molar-refractivity contribution in [3.63, 3.8) is 0 Å². The second-order valence-electron chi connectivity index (χ2n) is 3.74.